The zero-order valence-electron chi connectivity index (χ0n) is 19.2. The molecule has 2 aromatic rings. The molecule has 2 aromatic carbocycles. The Morgan fingerprint density at radius 2 is 1.64 bits per heavy atom. The van der Waals surface area contributed by atoms with Crippen molar-refractivity contribution < 1.29 is 22.8 Å². The van der Waals surface area contributed by atoms with Crippen molar-refractivity contribution in [2.75, 3.05) is 13.1 Å². The first-order valence-corrected chi connectivity index (χ1v) is 12.2. The van der Waals surface area contributed by atoms with Crippen LogP contribution in [0.3, 0.4) is 0 Å². The molecule has 0 fully saturated rings. The number of rotatable bonds is 7. The minimum Gasteiger partial charge on any atom is -0.350 e. The Labute approximate surface area is 194 Å². The first-order chi connectivity index (χ1) is 15.4. The van der Waals surface area contributed by atoms with E-state index < -0.39 is 40.0 Å². The number of carbonyl (C=O) groups excluding carboxylic acids is 3. The third kappa shape index (κ3) is 5.42. The summed E-state index contributed by atoms with van der Waals surface area (Å²) in [4.78, 5) is 40.1. The lowest BCUT2D eigenvalue weighted by Crippen LogP contribution is -2.55. The molecule has 0 spiro atoms. The Bertz CT molecular complexity index is 1160. The fourth-order valence-corrected chi connectivity index (χ4v) is 5.16. The molecule has 1 aliphatic rings. The van der Waals surface area contributed by atoms with Gasteiger partial charge in [-0.3, -0.25) is 14.4 Å². The molecule has 0 unspecified atom stereocenters. The van der Waals surface area contributed by atoms with Crippen LogP contribution in [0.2, 0.25) is 0 Å². The van der Waals surface area contributed by atoms with Gasteiger partial charge in [0.15, 0.2) is 0 Å². The van der Waals surface area contributed by atoms with Crippen molar-refractivity contribution in [3.63, 3.8) is 0 Å². The van der Waals surface area contributed by atoms with Crippen LogP contribution >= 0.6 is 0 Å². The first kappa shape index (κ1) is 24.4. The first-order valence-electron chi connectivity index (χ1n) is 10.7. The van der Waals surface area contributed by atoms with E-state index >= 15 is 0 Å². The summed E-state index contributed by atoms with van der Waals surface area (Å²) < 4.78 is 26.3. The largest absolute Gasteiger partial charge is 0.350 e. The third-order valence-electron chi connectivity index (χ3n) is 5.34. The molecule has 176 valence electrons. The molecule has 0 saturated heterocycles. The average molecular weight is 472 g/mol. The van der Waals surface area contributed by atoms with E-state index in [4.69, 9.17) is 0 Å². The molecule has 0 aromatic heterocycles. The number of fused-ring (bicyclic) bond motifs is 1. The molecule has 3 amide bonds. The summed E-state index contributed by atoms with van der Waals surface area (Å²) in [5.41, 5.74) is 0.505. The topological polar surface area (TPSA) is 104 Å². The van der Waals surface area contributed by atoms with Gasteiger partial charge in [0, 0.05) is 12.1 Å². The van der Waals surface area contributed by atoms with Crippen LogP contribution in [0.15, 0.2) is 59.5 Å². The Morgan fingerprint density at radius 1 is 1.03 bits per heavy atom. The molecule has 1 atom stereocenters. The second-order valence-corrected chi connectivity index (χ2v) is 10.9. The van der Waals surface area contributed by atoms with Gasteiger partial charge in [-0.25, -0.2) is 12.7 Å². The minimum atomic E-state index is -4.13. The van der Waals surface area contributed by atoms with E-state index in [2.05, 4.69) is 5.32 Å². The van der Waals surface area contributed by atoms with Gasteiger partial charge in [-0.05, 0) is 51.8 Å². The van der Waals surface area contributed by atoms with E-state index in [1.54, 1.807) is 13.0 Å². The monoisotopic (exact) mass is 471 g/mol. The highest BCUT2D eigenvalue weighted by Crippen LogP contribution is 2.29. The van der Waals surface area contributed by atoms with Crippen molar-refractivity contribution in [1.29, 1.82) is 0 Å². The zero-order valence-corrected chi connectivity index (χ0v) is 20.1. The van der Waals surface area contributed by atoms with Gasteiger partial charge in [0.25, 0.3) is 15.9 Å². The third-order valence-corrected chi connectivity index (χ3v) is 7.13. The summed E-state index contributed by atoms with van der Waals surface area (Å²) in [5.74, 6) is -1.72. The number of sulfonamides is 1. The van der Waals surface area contributed by atoms with E-state index in [1.165, 1.54) is 23.1 Å². The highest BCUT2D eigenvalue weighted by molar-refractivity contribution is 7.90. The predicted molar refractivity (Wildman–Crippen MR) is 124 cm³/mol. The normalized spacial score (nSPS) is 15.6. The van der Waals surface area contributed by atoms with Crippen molar-refractivity contribution in [3.05, 3.63) is 65.7 Å². The van der Waals surface area contributed by atoms with Crippen LogP contribution in [-0.4, -0.2) is 60.0 Å². The van der Waals surface area contributed by atoms with Gasteiger partial charge in [0.05, 0.1) is 5.56 Å². The highest BCUT2D eigenvalue weighted by atomic mass is 32.2. The molecule has 9 heteroatoms. The van der Waals surface area contributed by atoms with Gasteiger partial charge in [0.2, 0.25) is 11.8 Å². The second-order valence-electron chi connectivity index (χ2n) is 9.05. The molecule has 3 rings (SSSR count). The van der Waals surface area contributed by atoms with Crippen molar-refractivity contribution in [2.24, 2.45) is 0 Å². The second kappa shape index (κ2) is 9.35. The number of hydrogen-bond acceptors (Lipinski definition) is 5. The number of nitrogens with one attached hydrogen (secondary N) is 1. The Hall–Kier alpha value is -3.20. The highest BCUT2D eigenvalue weighted by Gasteiger charge is 2.43. The van der Waals surface area contributed by atoms with Crippen LogP contribution in [0.5, 0.6) is 0 Å². The molecule has 8 nitrogen and oxygen atoms in total. The van der Waals surface area contributed by atoms with Crippen LogP contribution in [0.25, 0.3) is 0 Å². The van der Waals surface area contributed by atoms with Crippen LogP contribution in [-0.2, 0) is 26.0 Å². The van der Waals surface area contributed by atoms with E-state index in [1.807, 2.05) is 51.1 Å². The summed E-state index contributed by atoms with van der Waals surface area (Å²) in [6.45, 7) is 6.62. The average Bonchev–Trinajstić information content (AvgIpc) is 2.94. The SMILES string of the molecule is C[C@@H](C(=O)NC(C)(C)C)N(CCc1ccccc1)C(=O)CN1C(=O)c2ccccc2S1(=O)=O. The lowest BCUT2D eigenvalue weighted by Gasteiger charge is -2.32. The van der Waals surface area contributed by atoms with Crippen molar-refractivity contribution in [1.82, 2.24) is 14.5 Å². The number of benzene rings is 2. The van der Waals surface area contributed by atoms with Crippen molar-refractivity contribution >= 4 is 27.7 Å². The Kier molecular flexibility index (Phi) is 6.92. The fourth-order valence-electron chi connectivity index (χ4n) is 3.65. The van der Waals surface area contributed by atoms with Gasteiger partial charge in [-0.15, -0.1) is 0 Å². The predicted octanol–water partition coefficient (Wildman–Crippen LogP) is 2.21. The van der Waals surface area contributed by atoms with E-state index in [0.717, 1.165) is 5.56 Å². The summed E-state index contributed by atoms with van der Waals surface area (Å²) in [5, 5.41) is 2.85. The van der Waals surface area contributed by atoms with Crippen LogP contribution < -0.4 is 5.32 Å². The summed E-state index contributed by atoms with van der Waals surface area (Å²) >= 11 is 0. The summed E-state index contributed by atoms with van der Waals surface area (Å²) in [7, 11) is -4.13. The van der Waals surface area contributed by atoms with Crippen LogP contribution in [0.1, 0.15) is 43.6 Å². The van der Waals surface area contributed by atoms with Gasteiger partial charge in [-0.1, -0.05) is 42.5 Å². The van der Waals surface area contributed by atoms with Crippen molar-refractivity contribution in [3.8, 4) is 0 Å². The fraction of sp³-hybridized carbons (Fsp3) is 0.375. The number of nitrogens with zero attached hydrogens (tertiary/aromatic N) is 2. The molecular weight excluding hydrogens is 442 g/mol. The molecule has 0 saturated carbocycles. The molecule has 1 aliphatic heterocycles. The summed E-state index contributed by atoms with van der Waals surface area (Å²) in [6, 6.07) is 14.5. The van der Waals surface area contributed by atoms with Gasteiger partial charge in [0.1, 0.15) is 17.5 Å². The molecule has 33 heavy (non-hydrogen) atoms. The molecule has 1 N–H and O–H groups in total. The van der Waals surface area contributed by atoms with E-state index in [0.29, 0.717) is 10.7 Å². The van der Waals surface area contributed by atoms with E-state index in [9.17, 15) is 22.8 Å². The molecule has 0 aliphatic carbocycles. The lowest BCUT2D eigenvalue weighted by atomic mass is 10.1. The quantitative estimate of drug-likeness (QED) is 0.667. The number of amides is 3. The maximum Gasteiger partial charge on any atom is 0.269 e. The maximum atomic E-state index is 13.3. The van der Waals surface area contributed by atoms with Gasteiger partial charge >= 0.3 is 0 Å². The van der Waals surface area contributed by atoms with Crippen LogP contribution in [0, 0.1) is 0 Å². The summed E-state index contributed by atoms with van der Waals surface area (Å²) in [6.07, 6.45) is 0.473. The zero-order chi connectivity index (χ0) is 24.4. The van der Waals surface area contributed by atoms with Gasteiger partial charge < -0.3 is 10.2 Å². The molecule has 1 heterocycles. The standard InChI is InChI=1S/C24H29N3O5S/c1-17(22(29)25-24(2,3)4)26(15-14-18-10-6-5-7-11-18)21(28)16-27-23(30)19-12-8-9-13-20(19)33(27,31)32/h5-13,17H,14-16H2,1-4H3,(H,25,29)/t17-/m0/s1. The minimum absolute atomic E-state index is 0.0414. The number of hydrogen-bond donors (Lipinski definition) is 1. The molecule has 0 radical (unpaired) electrons. The Balaban J connectivity index is 1.84. The number of carbonyl (C=O) groups is 3. The Morgan fingerprint density at radius 3 is 2.24 bits per heavy atom. The van der Waals surface area contributed by atoms with Gasteiger partial charge in [-0.2, -0.15) is 0 Å². The molecule has 0 bridgehead atoms. The molecular formula is C24H29N3O5S. The maximum absolute atomic E-state index is 13.3. The lowest BCUT2D eigenvalue weighted by molar-refractivity contribution is -0.140. The van der Waals surface area contributed by atoms with Crippen molar-refractivity contribution in [2.45, 2.75) is 50.6 Å². The van der Waals surface area contributed by atoms with Crippen LogP contribution in [0.4, 0.5) is 0 Å². The smallest absolute Gasteiger partial charge is 0.269 e. The van der Waals surface area contributed by atoms with E-state index in [-0.39, 0.29) is 22.9 Å².